The van der Waals surface area contributed by atoms with Crippen LogP contribution < -0.4 is 15.4 Å². The third-order valence-electron chi connectivity index (χ3n) is 3.11. The van der Waals surface area contributed by atoms with Gasteiger partial charge in [-0.05, 0) is 31.5 Å². The average Bonchev–Trinajstić information content (AvgIpc) is 2.57. The molecule has 0 saturated carbocycles. The largest absolute Gasteiger partial charge is 0.497 e. The van der Waals surface area contributed by atoms with Crippen LogP contribution in [0.5, 0.6) is 5.75 Å². The summed E-state index contributed by atoms with van der Waals surface area (Å²) in [4.78, 5) is 34.9. The number of benzene rings is 1. The number of ether oxygens (including phenoxy) is 2. The minimum atomic E-state index is -0.680. The number of nitrogens with one attached hydrogen (secondary N) is 2. The molecule has 0 heterocycles. The van der Waals surface area contributed by atoms with Gasteiger partial charge in [-0.25, -0.2) is 0 Å². The second-order valence-corrected chi connectivity index (χ2v) is 4.95. The molecule has 0 aromatic heterocycles. The minimum Gasteiger partial charge on any atom is -0.497 e. The van der Waals surface area contributed by atoms with Crippen LogP contribution in [0.25, 0.3) is 0 Å². The van der Waals surface area contributed by atoms with E-state index in [4.69, 9.17) is 9.47 Å². The van der Waals surface area contributed by atoms with Crippen LogP contribution in [0.2, 0.25) is 0 Å². The van der Waals surface area contributed by atoms with E-state index in [1.807, 2.05) is 13.8 Å². The third kappa shape index (κ3) is 6.82. The molecule has 1 atom stereocenters. The lowest BCUT2D eigenvalue weighted by Crippen LogP contribution is -2.37. The van der Waals surface area contributed by atoms with E-state index in [9.17, 15) is 14.4 Å². The number of amides is 2. The highest BCUT2D eigenvalue weighted by Crippen LogP contribution is 2.12. The van der Waals surface area contributed by atoms with Crippen LogP contribution in [0.15, 0.2) is 24.3 Å². The van der Waals surface area contributed by atoms with Crippen LogP contribution in [0.1, 0.15) is 30.6 Å². The molecule has 1 aromatic carbocycles. The Hall–Kier alpha value is -2.57. The van der Waals surface area contributed by atoms with Gasteiger partial charge in [0.15, 0.2) is 6.61 Å². The maximum absolute atomic E-state index is 11.9. The molecule has 0 aliphatic carbocycles. The Morgan fingerprint density at radius 1 is 1.26 bits per heavy atom. The second kappa shape index (κ2) is 9.45. The first kappa shape index (κ1) is 18.5. The van der Waals surface area contributed by atoms with Gasteiger partial charge in [-0.3, -0.25) is 14.4 Å². The van der Waals surface area contributed by atoms with Crippen molar-refractivity contribution in [1.29, 1.82) is 0 Å². The summed E-state index contributed by atoms with van der Waals surface area (Å²) >= 11 is 0. The molecule has 0 spiro atoms. The van der Waals surface area contributed by atoms with E-state index in [-0.39, 0.29) is 25.1 Å². The van der Waals surface area contributed by atoms with Gasteiger partial charge in [0.1, 0.15) is 12.3 Å². The molecule has 7 heteroatoms. The molecule has 0 aliphatic heterocycles. The highest BCUT2D eigenvalue weighted by atomic mass is 16.5. The Bertz CT molecular complexity index is 559. The smallest absolute Gasteiger partial charge is 0.325 e. The molecule has 0 bridgehead atoms. The second-order valence-electron chi connectivity index (χ2n) is 4.95. The lowest BCUT2D eigenvalue weighted by atomic mass is 10.2. The molecule has 1 aromatic rings. The fraction of sp³-hybridized carbons (Fsp3) is 0.438. The Balaban J connectivity index is 2.35. The molecule has 7 nitrogen and oxygen atoms in total. The van der Waals surface area contributed by atoms with Crippen LogP contribution in [0, 0.1) is 0 Å². The Labute approximate surface area is 135 Å². The molecular weight excluding hydrogens is 300 g/mol. The van der Waals surface area contributed by atoms with Crippen molar-refractivity contribution in [2.45, 2.75) is 26.3 Å². The van der Waals surface area contributed by atoms with Crippen molar-refractivity contribution in [3.05, 3.63) is 29.8 Å². The summed E-state index contributed by atoms with van der Waals surface area (Å²) in [5.74, 6) is -0.931. The zero-order chi connectivity index (χ0) is 17.2. The lowest BCUT2D eigenvalue weighted by molar-refractivity contribution is -0.147. The SMILES string of the molecule is CC[C@@H](C)NC(=O)COC(=O)CNC(=O)c1cccc(OC)c1. The predicted octanol–water partition coefficient (Wildman–Crippen LogP) is 0.883. The topological polar surface area (TPSA) is 93.7 Å². The molecule has 0 saturated heterocycles. The fourth-order valence-electron chi connectivity index (χ4n) is 1.63. The van der Waals surface area contributed by atoms with Gasteiger partial charge in [-0.2, -0.15) is 0 Å². The summed E-state index contributed by atoms with van der Waals surface area (Å²) < 4.78 is 9.81. The number of hydrogen-bond donors (Lipinski definition) is 2. The van der Waals surface area contributed by atoms with Gasteiger partial charge in [0.25, 0.3) is 11.8 Å². The van der Waals surface area contributed by atoms with E-state index in [2.05, 4.69) is 10.6 Å². The Morgan fingerprint density at radius 3 is 2.65 bits per heavy atom. The maximum Gasteiger partial charge on any atom is 0.325 e. The average molecular weight is 322 g/mol. The zero-order valence-corrected chi connectivity index (χ0v) is 13.5. The van der Waals surface area contributed by atoms with Crippen molar-refractivity contribution < 1.29 is 23.9 Å². The summed E-state index contributed by atoms with van der Waals surface area (Å²) in [6.07, 6.45) is 0.788. The van der Waals surface area contributed by atoms with Gasteiger partial charge in [0.05, 0.1) is 7.11 Å². The van der Waals surface area contributed by atoms with Crippen molar-refractivity contribution in [1.82, 2.24) is 10.6 Å². The van der Waals surface area contributed by atoms with E-state index < -0.39 is 11.9 Å². The lowest BCUT2D eigenvalue weighted by Gasteiger charge is -2.11. The van der Waals surface area contributed by atoms with Gasteiger partial charge >= 0.3 is 5.97 Å². The van der Waals surface area contributed by atoms with E-state index >= 15 is 0 Å². The van der Waals surface area contributed by atoms with Gasteiger partial charge in [0.2, 0.25) is 0 Å². The molecular formula is C16H22N2O5. The highest BCUT2D eigenvalue weighted by Gasteiger charge is 2.12. The van der Waals surface area contributed by atoms with Crippen LogP contribution in [-0.4, -0.2) is 44.1 Å². The Morgan fingerprint density at radius 2 is 2.00 bits per heavy atom. The highest BCUT2D eigenvalue weighted by molar-refractivity contribution is 5.96. The van der Waals surface area contributed by atoms with Crippen LogP contribution >= 0.6 is 0 Å². The summed E-state index contributed by atoms with van der Waals surface area (Å²) in [5.41, 5.74) is 0.367. The normalized spacial score (nSPS) is 11.3. The van der Waals surface area contributed by atoms with E-state index in [1.165, 1.54) is 7.11 Å². The first-order valence-corrected chi connectivity index (χ1v) is 7.33. The van der Waals surface area contributed by atoms with Crippen LogP contribution in [0.3, 0.4) is 0 Å². The molecule has 0 fully saturated rings. The van der Waals surface area contributed by atoms with Gasteiger partial charge < -0.3 is 20.1 Å². The Kier molecular flexibility index (Phi) is 7.59. The fourth-order valence-corrected chi connectivity index (χ4v) is 1.63. The van der Waals surface area contributed by atoms with Crippen LogP contribution in [-0.2, 0) is 14.3 Å². The number of esters is 1. The van der Waals surface area contributed by atoms with Crippen LogP contribution in [0.4, 0.5) is 0 Å². The number of carbonyl (C=O) groups is 3. The number of methoxy groups -OCH3 is 1. The number of carbonyl (C=O) groups excluding carboxylic acids is 3. The third-order valence-corrected chi connectivity index (χ3v) is 3.11. The molecule has 2 N–H and O–H groups in total. The summed E-state index contributed by atoms with van der Waals surface area (Å²) in [6.45, 7) is 3.12. The maximum atomic E-state index is 11.9. The summed E-state index contributed by atoms with van der Waals surface area (Å²) in [7, 11) is 1.50. The summed E-state index contributed by atoms with van der Waals surface area (Å²) in [5, 5.41) is 5.10. The first-order chi connectivity index (χ1) is 11.0. The van der Waals surface area contributed by atoms with E-state index in [1.54, 1.807) is 24.3 Å². The molecule has 0 unspecified atom stereocenters. The van der Waals surface area contributed by atoms with E-state index in [0.717, 1.165) is 6.42 Å². The van der Waals surface area contributed by atoms with Gasteiger partial charge in [-0.15, -0.1) is 0 Å². The predicted molar refractivity (Wildman–Crippen MR) is 84.2 cm³/mol. The molecule has 23 heavy (non-hydrogen) atoms. The van der Waals surface area contributed by atoms with Crippen molar-refractivity contribution in [2.24, 2.45) is 0 Å². The molecule has 0 aliphatic rings. The summed E-state index contributed by atoms with van der Waals surface area (Å²) in [6, 6.07) is 6.56. The molecule has 0 radical (unpaired) electrons. The molecule has 1 rings (SSSR count). The van der Waals surface area contributed by atoms with Gasteiger partial charge in [0, 0.05) is 11.6 Å². The first-order valence-electron chi connectivity index (χ1n) is 7.33. The van der Waals surface area contributed by atoms with Crippen molar-refractivity contribution in [3.63, 3.8) is 0 Å². The van der Waals surface area contributed by atoms with Gasteiger partial charge in [-0.1, -0.05) is 13.0 Å². The van der Waals surface area contributed by atoms with E-state index in [0.29, 0.717) is 11.3 Å². The number of rotatable bonds is 8. The van der Waals surface area contributed by atoms with Crippen molar-refractivity contribution in [3.8, 4) is 5.75 Å². The monoisotopic (exact) mass is 322 g/mol. The van der Waals surface area contributed by atoms with Crippen molar-refractivity contribution >= 4 is 17.8 Å². The standard InChI is InChI=1S/C16H22N2O5/c1-4-11(2)18-14(19)10-23-15(20)9-17-16(21)12-6-5-7-13(8-12)22-3/h5-8,11H,4,9-10H2,1-3H3,(H,17,21)(H,18,19)/t11-/m1/s1. The minimum absolute atomic E-state index is 0.0222. The number of hydrogen-bond acceptors (Lipinski definition) is 5. The van der Waals surface area contributed by atoms with Crippen molar-refractivity contribution in [2.75, 3.05) is 20.3 Å². The molecule has 126 valence electrons. The molecule has 2 amide bonds. The zero-order valence-electron chi connectivity index (χ0n) is 13.5. The quantitative estimate of drug-likeness (QED) is 0.693.